The van der Waals surface area contributed by atoms with Crippen LogP contribution in [0.25, 0.3) is 0 Å². The molecule has 2 amide bonds. The number of carbonyl (C=O) groups is 2. The molecule has 1 aliphatic rings. The fourth-order valence-electron chi connectivity index (χ4n) is 2.05. The Kier molecular flexibility index (Phi) is 4.16. The van der Waals surface area contributed by atoms with Gasteiger partial charge in [0.1, 0.15) is 0 Å². The van der Waals surface area contributed by atoms with Gasteiger partial charge in [-0.15, -0.1) is 0 Å². The van der Waals surface area contributed by atoms with E-state index in [1.165, 1.54) is 0 Å². The minimum atomic E-state index is -0.225. The van der Waals surface area contributed by atoms with Crippen LogP contribution in [0.3, 0.4) is 0 Å². The molecule has 0 radical (unpaired) electrons. The van der Waals surface area contributed by atoms with E-state index in [4.69, 9.17) is 5.73 Å². The second-order valence-corrected chi connectivity index (χ2v) is 4.83. The summed E-state index contributed by atoms with van der Waals surface area (Å²) in [4.78, 5) is 25.2. The summed E-state index contributed by atoms with van der Waals surface area (Å²) >= 11 is 0. The Morgan fingerprint density at radius 3 is 2.95 bits per heavy atom. The molecule has 2 rings (SSSR count). The summed E-state index contributed by atoms with van der Waals surface area (Å²) in [7, 11) is 0. The van der Waals surface area contributed by atoms with Crippen molar-refractivity contribution in [1.82, 2.24) is 0 Å². The van der Waals surface area contributed by atoms with Gasteiger partial charge < -0.3 is 16.0 Å². The van der Waals surface area contributed by atoms with Crippen LogP contribution in [0.4, 0.5) is 11.4 Å². The molecule has 1 fully saturated rings. The number of hydrogen-bond acceptors (Lipinski definition) is 3. The summed E-state index contributed by atoms with van der Waals surface area (Å²) in [6.07, 6.45) is 1.49. The SMILES string of the molecule is CC(CN)C(=O)Nc1cccc(N2CCCC2=O)c1. The van der Waals surface area contributed by atoms with Crippen LogP contribution in [0.15, 0.2) is 24.3 Å². The van der Waals surface area contributed by atoms with Crippen LogP contribution in [-0.2, 0) is 9.59 Å². The molecule has 102 valence electrons. The molecular formula is C14H19N3O2. The number of rotatable bonds is 4. The molecule has 1 atom stereocenters. The van der Waals surface area contributed by atoms with Crippen molar-refractivity contribution in [2.24, 2.45) is 11.7 Å². The fourth-order valence-corrected chi connectivity index (χ4v) is 2.05. The first-order valence-corrected chi connectivity index (χ1v) is 6.53. The van der Waals surface area contributed by atoms with Gasteiger partial charge in [0.25, 0.3) is 0 Å². The lowest BCUT2D eigenvalue weighted by molar-refractivity contribution is -0.119. The number of carbonyl (C=O) groups excluding carboxylic acids is 2. The number of hydrogen-bond donors (Lipinski definition) is 2. The number of anilines is 2. The lowest BCUT2D eigenvalue weighted by atomic mass is 10.1. The molecule has 1 aromatic carbocycles. The quantitative estimate of drug-likeness (QED) is 0.859. The minimum absolute atomic E-state index is 0.104. The fraction of sp³-hybridized carbons (Fsp3) is 0.429. The summed E-state index contributed by atoms with van der Waals surface area (Å²) in [5, 5.41) is 2.81. The van der Waals surface area contributed by atoms with E-state index >= 15 is 0 Å². The van der Waals surface area contributed by atoms with Crippen molar-refractivity contribution in [3.63, 3.8) is 0 Å². The second kappa shape index (κ2) is 5.84. The normalized spacial score (nSPS) is 16.5. The highest BCUT2D eigenvalue weighted by atomic mass is 16.2. The Morgan fingerprint density at radius 1 is 1.53 bits per heavy atom. The van der Waals surface area contributed by atoms with E-state index in [9.17, 15) is 9.59 Å². The van der Waals surface area contributed by atoms with Gasteiger partial charge in [0.2, 0.25) is 11.8 Å². The first-order valence-electron chi connectivity index (χ1n) is 6.53. The second-order valence-electron chi connectivity index (χ2n) is 4.83. The summed E-state index contributed by atoms with van der Waals surface area (Å²) in [6, 6.07) is 7.35. The number of benzene rings is 1. The molecular weight excluding hydrogens is 242 g/mol. The van der Waals surface area contributed by atoms with Gasteiger partial charge in [-0.3, -0.25) is 9.59 Å². The molecule has 1 aromatic rings. The van der Waals surface area contributed by atoms with Gasteiger partial charge in [0.05, 0.1) is 0 Å². The molecule has 0 bridgehead atoms. The van der Waals surface area contributed by atoms with Gasteiger partial charge in [0.15, 0.2) is 0 Å². The van der Waals surface area contributed by atoms with Crippen LogP contribution in [0.1, 0.15) is 19.8 Å². The Bertz CT molecular complexity index is 487. The van der Waals surface area contributed by atoms with E-state index in [0.717, 1.165) is 18.7 Å². The Hall–Kier alpha value is -1.88. The number of amides is 2. The van der Waals surface area contributed by atoms with Crippen LogP contribution in [0, 0.1) is 5.92 Å². The first kappa shape index (κ1) is 13.5. The van der Waals surface area contributed by atoms with E-state index in [2.05, 4.69) is 5.32 Å². The third-order valence-corrected chi connectivity index (χ3v) is 3.30. The van der Waals surface area contributed by atoms with Gasteiger partial charge in [-0.25, -0.2) is 0 Å². The molecule has 5 nitrogen and oxygen atoms in total. The highest BCUT2D eigenvalue weighted by Crippen LogP contribution is 2.24. The maximum atomic E-state index is 11.8. The van der Waals surface area contributed by atoms with Gasteiger partial charge in [-0.05, 0) is 24.6 Å². The Balaban J connectivity index is 2.11. The highest BCUT2D eigenvalue weighted by Gasteiger charge is 2.21. The van der Waals surface area contributed by atoms with Crippen LogP contribution in [-0.4, -0.2) is 24.9 Å². The molecule has 5 heteroatoms. The molecule has 3 N–H and O–H groups in total. The molecule has 1 aliphatic heterocycles. The van der Waals surface area contributed by atoms with Crippen molar-refractivity contribution in [3.8, 4) is 0 Å². The monoisotopic (exact) mass is 261 g/mol. The summed E-state index contributed by atoms with van der Waals surface area (Å²) in [5.41, 5.74) is 6.99. The lowest BCUT2D eigenvalue weighted by Crippen LogP contribution is -2.27. The first-order chi connectivity index (χ1) is 9.11. The van der Waals surface area contributed by atoms with Crippen LogP contribution >= 0.6 is 0 Å². The lowest BCUT2D eigenvalue weighted by Gasteiger charge is -2.17. The maximum Gasteiger partial charge on any atom is 0.228 e. The van der Waals surface area contributed by atoms with E-state index in [1.807, 2.05) is 24.3 Å². The van der Waals surface area contributed by atoms with Crippen molar-refractivity contribution in [2.75, 3.05) is 23.3 Å². The molecule has 0 spiro atoms. The van der Waals surface area contributed by atoms with E-state index in [0.29, 0.717) is 18.7 Å². The zero-order chi connectivity index (χ0) is 13.8. The number of nitrogens with one attached hydrogen (secondary N) is 1. The third-order valence-electron chi connectivity index (χ3n) is 3.30. The molecule has 0 aliphatic carbocycles. The zero-order valence-corrected chi connectivity index (χ0v) is 11.1. The minimum Gasteiger partial charge on any atom is -0.330 e. The molecule has 0 aromatic heterocycles. The van der Waals surface area contributed by atoms with E-state index < -0.39 is 0 Å². The predicted octanol–water partition coefficient (Wildman–Crippen LogP) is 1.35. The number of nitrogens with two attached hydrogens (primary N) is 1. The Morgan fingerprint density at radius 2 is 2.32 bits per heavy atom. The van der Waals surface area contributed by atoms with Crippen molar-refractivity contribution in [2.45, 2.75) is 19.8 Å². The predicted molar refractivity (Wildman–Crippen MR) is 74.9 cm³/mol. The average Bonchev–Trinajstić information content (AvgIpc) is 2.84. The molecule has 1 unspecified atom stereocenters. The molecule has 1 heterocycles. The number of nitrogens with zero attached hydrogens (tertiary/aromatic N) is 1. The maximum absolute atomic E-state index is 11.8. The van der Waals surface area contributed by atoms with Crippen molar-refractivity contribution < 1.29 is 9.59 Å². The van der Waals surface area contributed by atoms with E-state index in [1.54, 1.807) is 11.8 Å². The molecule has 19 heavy (non-hydrogen) atoms. The highest BCUT2D eigenvalue weighted by molar-refractivity contribution is 5.97. The summed E-state index contributed by atoms with van der Waals surface area (Å²) in [6.45, 7) is 2.84. The third kappa shape index (κ3) is 3.12. The van der Waals surface area contributed by atoms with Crippen LogP contribution < -0.4 is 16.0 Å². The van der Waals surface area contributed by atoms with E-state index in [-0.39, 0.29) is 17.7 Å². The molecule has 1 saturated heterocycles. The van der Waals surface area contributed by atoms with Gasteiger partial charge in [-0.2, -0.15) is 0 Å². The van der Waals surface area contributed by atoms with Crippen molar-refractivity contribution in [1.29, 1.82) is 0 Å². The van der Waals surface area contributed by atoms with Crippen LogP contribution in [0.5, 0.6) is 0 Å². The molecule has 0 saturated carbocycles. The topological polar surface area (TPSA) is 75.4 Å². The van der Waals surface area contributed by atoms with Gasteiger partial charge in [0, 0.05) is 36.8 Å². The largest absolute Gasteiger partial charge is 0.330 e. The smallest absolute Gasteiger partial charge is 0.228 e. The average molecular weight is 261 g/mol. The summed E-state index contributed by atoms with van der Waals surface area (Å²) < 4.78 is 0. The summed E-state index contributed by atoms with van der Waals surface area (Å²) in [5.74, 6) is -0.191. The van der Waals surface area contributed by atoms with Crippen LogP contribution in [0.2, 0.25) is 0 Å². The van der Waals surface area contributed by atoms with Gasteiger partial charge >= 0.3 is 0 Å². The van der Waals surface area contributed by atoms with Crippen molar-refractivity contribution >= 4 is 23.2 Å². The Labute approximate surface area is 112 Å². The standard InChI is InChI=1S/C14H19N3O2/c1-10(9-15)14(19)16-11-4-2-5-12(8-11)17-7-3-6-13(17)18/h2,4-5,8,10H,3,6-7,9,15H2,1H3,(H,16,19). The van der Waals surface area contributed by atoms with Crippen molar-refractivity contribution in [3.05, 3.63) is 24.3 Å². The zero-order valence-electron chi connectivity index (χ0n) is 11.1. The van der Waals surface area contributed by atoms with Gasteiger partial charge in [-0.1, -0.05) is 13.0 Å².